The summed E-state index contributed by atoms with van der Waals surface area (Å²) >= 11 is 6.28. The van der Waals surface area contributed by atoms with Crippen LogP contribution < -0.4 is 10.1 Å². The number of benzene rings is 3. The van der Waals surface area contributed by atoms with E-state index in [1.807, 2.05) is 24.3 Å². The molecule has 182 valence electrons. The number of esters is 1. The maximum absolute atomic E-state index is 13.1. The molecule has 0 unspecified atom stereocenters. The van der Waals surface area contributed by atoms with E-state index in [2.05, 4.69) is 10.1 Å². The third-order valence-electron chi connectivity index (χ3n) is 5.59. The van der Waals surface area contributed by atoms with Gasteiger partial charge in [-0.3, -0.25) is 4.79 Å². The Morgan fingerprint density at radius 3 is 2.43 bits per heavy atom. The van der Waals surface area contributed by atoms with Crippen molar-refractivity contribution < 1.29 is 27.5 Å². The highest BCUT2D eigenvalue weighted by atomic mass is 35.5. The Morgan fingerprint density at radius 2 is 1.74 bits per heavy atom. The van der Waals surface area contributed by atoms with Crippen molar-refractivity contribution in [2.45, 2.75) is 17.9 Å². The lowest BCUT2D eigenvalue weighted by Crippen LogP contribution is -2.35. The molecule has 0 aliphatic carbocycles. The van der Waals surface area contributed by atoms with Gasteiger partial charge in [-0.15, -0.1) is 0 Å². The summed E-state index contributed by atoms with van der Waals surface area (Å²) in [5.74, 6) is -0.738. The number of rotatable bonds is 7. The van der Waals surface area contributed by atoms with Crippen LogP contribution in [0.5, 0.6) is 5.75 Å². The Morgan fingerprint density at radius 1 is 1.03 bits per heavy atom. The van der Waals surface area contributed by atoms with Crippen molar-refractivity contribution in [1.29, 1.82) is 0 Å². The predicted octanol–water partition coefficient (Wildman–Crippen LogP) is 3.89. The lowest BCUT2D eigenvalue weighted by atomic mass is 10.0. The molecule has 1 N–H and O–H groups in total. The number of carbonyl (C=O) groups is 2. The summed E-state index contributed by atoms with van der Waals surface area (Å²) in [6, 6.07) is 18.1. The van der Waals surface area contributed by atoms with Crippen LogP contribution in [0.15, 0.2) is 71.6 Å². The van der Waals surface area contributed by atoms with Crippen LogP contribution in [-0.2, 0) is 32.5 Å². The number of sulfonamides is 1. The van der Waals surface area contributed by atoms with Crippen molar-refractivity contribution in [2.75, 3.05) is 25.6 Å². The number of carbonyl (C=O) groups excluding carboxylic acids is 2. The average molecular weight is 515 g/mol. The highest BCUT2D eigenvalue weighted by Gasteiger charge is 2.28. The molecule has 0 aromatic heterocycles. The Balaban J connectivity index is 1.37. The minimum atomic E-state index is -3.75. The van der Waals surface area contributed by atoms with Gasteiger partial charge in [-0.1, -0.05) is 35.9 Å². The molecule has 1 amide bonds. The van der Waals surface area contributed by atoms with Crippen LogP contribution in [0, 0.1) is 0 Å². The van der Waals surface area contributed by atoms with Gasteiger partial charge in [0.05, 0.1) is 22.6 Å². The zero-order valence-corrected chi connectivity index (χ0v) is 20.4. The number of fused-ring (bicyclic) bond motifs is 1. The van der Waals surface area contributed by atoms with E-state index in [-0.39, 0.29) is 22.3 Å². The molecule has 0 bridgehead atoms. The number of ether oxygens (including phenoxy) is 2. The van der Waals surface area contributed by atoms with Gasteiger partial charge in [-0.05, 0) is 60.0 Å². The fourth-order valence-corrected chi connectivity index (χ4v) is 5.48. The van der Waals surface area contributed by atoms with E-state index in [1.165, 1.54) is 41.7 Å². The Bertz CT molecular complexity index is 1360. The fourth-order valence-electron chi connectivity index (χ4n) is 3.73. The van der Waals surface area contributed by atoms with Crippen LogP contribution in [0.25, 0.3) is 0 Å². The average Bonchev–Trinajstić information content (AvgIpc) is 2.87. The number of anilines is 1. The van der Waals surface area contributed by atoms with Crippen LogP contribution >= 0.6 is 11.6 Å². The molecule has 8 nitrogen and oxygen atoms in total. The van der Waals surface area contributed by atoms with Gasteiger partial charge >= 0.3 is 5.97 Å². The van der Waals surface area contributed by atoms with Gasteiger partial charge in [0.15, 0.2) is 6.61 Å². The third kappa shape index (κ3) is 5.64. The third-order valence-corrected chi connectivity index (χ3v) is 7.72. The first-order valence-electron chi connectivity index (χ1n) is 10.8. The van der Waals surface area contributed by atoms with Crippen molar-refractivity contribution in [3.8, 4) is 5.75 Å². The van der Waals surface area contributed by atoms with Gasteiger partial charge in [0.2, 0.25) is 10.0 Å². The molecule has 1 aliphatic rings. The number of methoxy groups -OCH3 is 1. The normalized spacial score (nSPS) is 13.5. The van der Waals surface area contributed by atoms with Gasteiger partial charge in [-0.2, -0.15) is 4.31 Å². The summed E-state index contributed by atoms with van der Waals surface area (Å²) in [5.41, 5.74) is 2.97. The molecule has 0 atom stereocenters. The Labute approximate surface area is 208 Å². The van der Waals surface area contributed by atoms with E-state index in [4.69, 9.17) is 16.3 Å². The first-order valence-corrected chi connectivity index (χ1v) is 12.6. The second-order valence-electron chi connectivity index (χ2n) is 7.86. The van der Waals surface area contributed by atoms with Gasteiger partial charge in [0.25, 0.3) is 5.91 Å². The van der Waals surface area contributed by atoms with Crippen molar-refractivity contribution in [1.82, 2.24) is 4.31 Å². The molecule has 0 fully saturated rings. The number of halogens is 1. The van der Waals surface area contributed by atoms with Gasteiger partial charge in [-0.25, -0.2) is 13.2 Å². The van der Waals surface area contributed by atoms with Crippen LogP contribution in [0.1, 0.15) is 21.5 Å². The second-order valence-corrected chi connectivity index (χ2v) is 10.2. The molecule has 0 spiro atoms. The SMILES string of the molecule is COC(=O)c1ccc(NC(=O)COc2ccc(S(=O)(=O)N3CCc4ccccc4C3)cc2Cl)cc1. The van der Waals surface area contributed by atoms with Gasteiger partial charge in [0.1, 0.15) is 5.75 Å². The van der Waals surface area contributed by atoms with Crippen molar-refractivity contribution in [3.63, 3.8) is 0 Å². The standard InChI is InChI=1S/C25H23ClN2O6S/c1-33-25(30)18-6-8-20(9-7-18)27-24(29)16-34-23-11-10-21(14-22(23)26)35(31,32)28-13-12-17-4-2-3-5-19(17)15-28/h2-11,14H,12-13,15-16H2,1H3,(H,27,29). The summed E-state index contributed by atoms with van der Waals surface area (Å²) in [6.45, 7) is 0.346. The largest absolute Gasteiger partial charge is 0.482 e. The monoisotopic (exact) mass is 514 g/mol. The highest BCUT2D eigenvalue weighted by molar-refractivity contribution is 7.89. The summed E-state index contributed by atoms with van der Waals surface area (Å²) < 4.78 is 37.8. The lowest BCUT2D eigenvalue weighted by molar-refractivity contribution is -0.118. The van der Waals surface area contributed by atoms with Crippen LogP contribution in [0.2, 0.25) is 5.02 Å². The fraction of sp³-hybridized carbons (Fsp3) is 0.200. The molecule has 3 aromatic carbocycles. The van der Waals surface area contributed by atoms with Crippen LogP contribution in [-0.4, -0.2) is 44.9 Å². The predicted molar refractivity (Wildman–Crippen MR) is 131 cm³/mol. The molecule has 35 heavy (non-hydrogen) atoms. The number of nitrogens with zero attached hydrogens (tertiary/aromatic N) is 1. The lowest BCUT2D eigenvalue weighted by Gasteiger charge is -2.28. The summed E-state index contributed by atoms with van der Waals surface area (Å²) in [7, 11) is -2.46. The highest BCUT2D eigenvalue weighted by Crippen LogP contribution is 2.31. The number of amides is 1. The minimum absolute atomic E-state index is 0.0596. The molecule has 0 saturated heterocycles. The molecule has 0 saturated carbocycles. The topological polar surface area (TPSA) is 102 Å². The smallest absolute Gasteiger partial charge is 0.337 e. The first-order chi connectivity index (χ1) is 16.8. The minimum Gasteiger partial charge on any atom is -0.482 e. The summed E-state index contributed by atoms with van der Waals surface area (Å²) in [5, 5.41) is 2.72. The maximum Gasteiger partial charge on any atom is 0.337 e. The first kappa shape index (κ1) is 24.7. The number of hydrogen-bond donors (Lipinski definition) is 1. The van der Waals surface area contributed by atoms with E-state index in [0.717, 1.165) is 11.1 Å². The Hall–Kier alpha value is -3.40. The molecular weight excluding hydrogens is 492 g/mol. The van der Waals surface area contributed by atoms with E-state index in [1.54, 1.807) is 12.1 Å². The zero-order valence-electron chi connectivity index (χ0n) is 18.9. The second kappa shape index (κ2) is 10.5. The van der Waals surface area contributed by atoms with Crippen LogP contribution in [0.4, 0.5) is 5.69 Å². The zero-order chi connectivity index (χ0) is 25.0. The van der Waals surface area contributed by atoms with E-state index >= 15 is 0 Å². The summed E-state index contributed by atoms with van der Waals surface area (Å²) in [6.07, 6.45) is 0.644. The van der Waals surface area contributed by atoms with E-state index < -0.39 is 21.9 Å². The van der Waals surface area contributed by atoms with E-state index in [0.29, 0.717) is 30.8 Å². The molecule has 4 rings (SSSR count). The number of nitrogens with one attached hydrogen (secondary N) is 1. The maximum atomic E-state index is 13.1. The summed E-state index contributed by atoms with van der Waals surface area (Å²) in [4.78, 5) is 23.8. The molecular formula is C25H23ClN2O6S. The van der Waals surface area contributed by atoms with E-state index in [9.17, 15) is 18.0 Å². The van der Waals surface area contributed by atoms with Crippen LogP contribution in [0.3, 0.4) is 0 Å². The molecule has 1 heterocycles. The molecule has 1 aliphatic heterocycles. The van der Waals surface area contributed by atoms with Gasteiger partial charge < -0.3 is 14.8 Å². The van der Waals surface area contributed by atoms with Crippen molar-refractivity contribution >= 4 is 39.2 Å². The Kier molecular flexibility index (Phi) is 7.39. The molecule has 0 radical (unpaired) electrons. The molecule has 10 heteroatoms. The number of hydrogen-bond acceptors (Lipinski definition) is 6. The molecule has 3 aromatic rings. The van der Waals surface area contributed by atoms with Crippen molar-refractivity contribution in [3.05, 3.63) is 88.4 Å². The quantitative estimate of drug-likeness (QED) is 0.480. The van der Waals surface area contributed by atoms with Crippen molar-refractivity contribution in [2.24, 2.45) is 0 Å². The van der Waals surface area contributed by atoms with Gasteiger partial charge in [0, 0.05) is 18.8 Å².